The first kappa shape index (κ1) is 21.7. The summed E-state index contributed by atoms with van der Waals surface area (Å²) in [7, 11) is 1.51. The van der Waals surface area contributed by atoms with Gasteiger partial charge < -0.3 is 16.4 Å². The highest BCUT2D eigenvalue weighted by atomic mass is 16.2. The summed E-state index contributed by atoms with van der Waals surface area (Å²) in [5.74, 6) is -0.488. The number of nitrogens with two attached hydrogens (primary N) is 1. The molecule has 0 fully saturated rings. The van der Waals surface area contributed by atoms with Gasteiger partial charge in [0.15, 0.2) is 11.5 Å². The van der Waals surface area contributed by atoms with Crippen LogP contribution in [0.25, 0.3) is 22.4 Å². The van der Waals surface area contributed by atoms with Gasteiger partial charge in [-0.2, -0.15) is 0 Å². The smallest absolute Gasteiger partial charge is 0.273 e. The summed E-state index contributed by atoms with van der Waals surface area (Å²) in [4.78, 5) is 33.0. The summed E-state index contributed by atoms with van der Waals surface area (Å²) >= 11 is 0. The average molecular weight is 438 g/mol. The van der Waals surface area contributed by atoms with Gasteiger partial charge >= 0.3 is 0 Å². The highest BCUT2D eigenvalue weighted by Gasteiger charge is 2.13. The lowest BCUT2D eigenvalue weighted by molar-refractivity contribution is 0.0946. The molecular weight excluding hydrogens is 414 g/mol. The molecule has 4 N–H and O–H groups in total. The van der Waals surface area contributed by atoms with E-state index in [0.717, 1.165) is 22.3 Å². The number of amides is 2. The van der Waals surface area contributed by atoms with Gasteiger partial charge in [0.1, 0.15) is 0 Å². The monoisotopic (exact) mass is 437 g/mol. The molecular formula is C26H23N5O2. The second kappa shape index (κ2) is 9.74. The molecule has 0 saturated carbocycles. The second-order valence-electron chi connectivity index (χ2n) is 7.39. The maximum Gasteiger partial charge on any atom is 0.273 e. The van der Waals surface area contributed by atoms with Crippen LogP contribution in [0.2, 0.25) is 0 Å². The highest BCUT2D eigenvalue weighted by molar-refractivity contribution is 5.96. The topological polar surface area (TPSA) is 110 Å². The molecule has 0 atom stereocenters. The number of nitrogens with one attached hydrogen (secondary N) is 2. The zero-order valence-electron chi connectivity index (χ0n) is 18.1. The first-order chi connectivity index (χ1) is 16.0. The zero-order valence-corrected chi connectivity index (χ0v) is 18.1. The van der Waals surface area contributed by atoms with Crippen LogP contribution < -0.4 is 16.4 Å². The first-order valence-electron chi connectivity index (χ1n) is 10.4. The lowest BCUT2D eigenvalue weighted by atomic mass is 10.0. The van der Waals surface area contributed by atoms with E-state index in [0.29, 0.717) is 17.8 Å². The molecule has 4 rings (SSSR count). The van der Waals surface area contributed by atoms with Crippen molar-refractivity contribution in [2.45, 2.75) is 6.54 Å². The molecule has 7 nitrogen and oxygen atoms in total. The number of hydrogen-bond donors (Lipinski definition) is 3. The number of hydrogen-bond acceptors (Lipinski definition) is 5. The number of nitrogens with zero attached hydrogens (tertiary/aromatic N) is 2. The fourth-order valence-corrected chi connectivity index (χ4v) is 3.39. The minimum atomic E-state index is -0.399. The average Bonchev–Trinajstić information content (AvgIpc) is 2.88. The first-order valence-corrected chi connectivity index (χ1v) is 10.4. The third-order valence-corrected chi connectivity index (χ3v) is 5.17. The maximum atomic E-state index is 12.6. The summed E-state index contributed by atoms with van der Waals surface area (Å²) < 4.78 is 0. The number of carbonyl (C=O) groups is 2. The van der Waals surface area contributed by atoms with Crippen LogP contribution >= 0.6 is 0 Å². The Labute approximate surface area is 191 Å². The summed E-state index contributed by atoms with van der Waals surface area (Å²) in [6.45, 7) is 0.345. The number of rotatable bonds is 6. The van der Waals surface area contributed by atoms with Crippen LogP contribution in [-0.2, 0) is 6.54 Å². The molecule has 4 aromatic rings. The van der Waals surface area contributed by atoms with Gasteiger partial charge in [0, 0.05) is 24.7 Å². The Bertz CT molecular complexity index is 1290. The predicted molar refractivity (Wildman–Crippen MR) is 128 cm³/mol. The lowest BCUT2D eigenvalue weighted by Crippen LogP contribution is -2.22. The highest BCUT2D eigenvalue weighted by Crippen LogP contribution is 2.21. The van der Waals surface area contributed by atoms with Gasteiger partial charge in [-0.05, 0) is 34.9 Å². The Balaban J connectivity index is 1.45. The Morgan fingerprint density at radius 2 is 1.55 bits per heavy atom. The van der Waals surface area contributed by atoms with Crippen molar-refractivity contribution in [3.8, 4) is 22.4 Å². The van der Waals surface area contributed by atoms with E-state index in [1.807, 2.05) is 78.9 Å². The van der Waals surface area contributed by atoms with Crippen molar-refractivity contribution < 1.29 is 9.59 Å². The summed E-state index contributed by atoms with van der Waals surface area (Å²) in [6, 6.07) is 25.1. The number of anilines is 1. The minimum absolute atomic E-state index is 0.0693. The van der Waals surface area contributed by atoms with E-state index in [4.69, 9.17) is 5.73 Å². The molecule has 0 bridgehead atoms. The Morgan fingerprint density at radius 1 is 0.848 bits per heavy atom. The van der Waals surface area contributed by atoms with E-state index in [1.165, 1.54) is 13.2 Å². The predicted octanol–water partition coefficient (Wildman–Crippen LogP) is 3.68. The molecule has 0 radical (unpaired) electrons. The maximum absolute atomic E-state index is 12.6. The van der Waals surface area contributed by atoms with Crippen molar-refractivity contribution in [2.75, 3.05) is 12.8 Å². The van der Waals surface area contributed by atoms with E-state index in [1.54, 1.807) is 0 Å². The third-order valence-electron chi connectivity index (χ3n) is 5.17. The number of carbonyl (C=O) groups excluding carboxylic acids is 2. The molecule has 3 aromatic carbocycles. The molecule has 0 aliphatic heterocycles. The molecule has 0 aliphatic carbocycles. The molecule has 0 unspecified atom stereocenters. The number of aromatic nitrogens is 2. The van der Waals surface area contributed by atoms with E-state index in [2.05, 4.69) is 20.6 Å². The fraction of sp³-hybridized carbons (Fsp3) is 0.0769. The van der Waals surface area contributed by atoms with E-state index in [-0.39, 0.29) is 17.4 Å². The van der Waals surface area contributed by atoms with E-state index >= 15 is 0 Å². The Kier molecular flexibility index (Phi) is 6.40. The quantitative estimate of drug-likeness (QED) is 0.426. The van der Waals surface area contributed by atoms with Crippen LogP contribution in [0.4, 0.5) is 5.82 Å². The van der Waals surface area contributed by atoms with Crippen LogP contribution in [-0.4, -0.2) is 28.8 Å². The summed E-state index contributed by atoms with van der Waals surface area (Å²) in [5.41, 5.74) is 10.8. The van der Waals surface area contributed by atoms with Crippen LogP contribution in [0.5, 0.6) is 0 Å². The normalized spacial score (nSPS) is 10.5. The van der Waals surface area contributed by atoms with Crippen molar-refractivity contribution in [3.63, 3.8) is 0 Å². The van der Waals surface area contributed by atoms with Crippen molar-refractivity contribution >= 4 is 17.6 Å². The Morgan fingerprint density at radius 3 is 2.27 bits per heavy atom. The van der Waals surface area contributed by atoms with Crippen LogP contribution in [0.1, 0.15) is 26.4 Å². The minimum Gasteiger partial charge on any atom is -0.382 e. The van der Waals surface area contributed by atoms with E-state index in [9.17, 15) is 9.59 Å². The molecule has 0 saturated heterocycles. The van der Waals surface area contributed by atoms with Gasteiger partial charge in [0.05, 0.1) is 11.9 Å². The molecule has 0 spiro atoms. The molecule has 1 heterocycles. The third kappa shape index (κ3) is 5.04. The molecule has 0 aliphatic rings. The van der Waals surface area contributed by atoms with Gasteiger partial charge in [-0.1, -0.05) is 60.7 Å². The standard InChI is InChI=1S/C26H23N5O2/c1-28-26(33)23-24(27)29-16-22(31-23)21-9-5-6-17(14-21)15-30-25(32)20-12-10-19(11-13-20)18-7-3-2-4-8-18/h2-14,16H,15H2,1H3,(H2,27,29)(H,28,33)(H,30,32). The van der Waals surface area contributed by atoms with Crippen molar-refractivity contribution in [1.82, 2.24) is 20.6 Å². The van der Waals surface area contributed by atoms with Crippen molar-refractivity contribution in [3.05, 3.63) is 102 Å². The summed E-state index contributed by atoms with van der Waals surface area (Å²) in [6.07, 6.45) is 1.52. The largest absolute Gasteiger partial charge is 0.382 e. The lowest BCUT2D eigenvalue weighted by Gasteiger charge is -2.09. The van der Waals surface area contributed by atoms with Crippen LogP contribution in [0.15, 0.2) is 85.1 Å². The van der Waals surface area contributed by atoms with Gasteiger partial charge in [0.2, 0.25) is 0 Å². The van der Waals surface area contributed by atoms with Gasteiger partial charge in [0.25, 0.3) is 11.8 Å². The van der Waals surface area contributed by atoms with Gasteiger partial charge in [-0.3, -0.25) is 9.59 Å². The summed E-state index contributed by atoms with van der Waals surface area (Å²) in [5, 5.41) is 5.45. The number of benzene rings is 3. The Hall–Kier alpha value is -4.52. The van der Waals surface area contributed by atoms with Crippen LogP contribution in [0.3, 0.4) is 0 Å². The zero-order chi connectivity index (χ0) is 23.2. The molecule has 2 amide bonds. The van der Waals surface area contributed by atoms with E-state index < -0.39 is 5.91 Å². The van der Waals surface area contributed by atoms with Crippen molar-refractivity contribution in [1.29, 1.82) is 0 Å². The van der Waals surface area contributed by atoms with Gasteiger partial charge in [-0.15, -0.1) is 0 Å². The molecule has 33 heavy (non-hydrogen) atoms. The molecule has 7 heteroatoms. The number of nitrogen functional groups attached to an aromatic ring is 1. The fourth-order valence-electron chi connectivity index (χ4n) is 3.39. The molecule has 1 aromatic heterocycles. The SMILES string of the molecule is CNC(=O)c1nc(-c2cccc(CNC(=O)c3ccc(-c4ccccc4)cc3)c2)cnc1N. The van der Waals surface area contributed by atoms with Gasteiger partial charge in [-0.25, -0.2) is 9.97 Å². The second-order valence-corrected chi connectivity index (χ2v) is 7.39. The van der Waals surface area contributed by atoms with Crippen LogP contribution in [0, 0.1) is 0 Å². The molecule has 164 valence electrons. The van der Waals surface area contributed by atoms with Crippen molar-refractivity contribution in [2.24, 2.45) is 0 Å².